The Hall–Kier alpha value is -2.38. The molecule has 31 heavy (non-hydrogen) atoms. The molecule has 1 heterocycles. The summed E-state index contributed by atoms with van der Waals surface area (Å²) in [5, 5.41) is 2.99. The summed E-state index contributed by atoms with van der Waals surface area (Å²) >= 11 is 0. The lowest BCUT2D eigenvalue weighted by molar-refractivity contribution is -0.125. The lowest BCUT2D eigenvalue weighted by atomic mass is 9.98. The first-order valence-electron chi connectivity index (χ1n) is 10.8. The third-order valence-electron chi connectivity index (χ3n) is 6.15. The van der Waals surface area contributed by atoms with Crippen LogP contribution >= 0.6 is 0 Å². The Bertz CT molecular complexity index is 969. The monoisotopic (exact) mass is 443 g/mol. The van der Waals surface area contributed by atoms with Crippen LogP contribution in [0.5, 0.6) is 0 Å². The van der Waals surface area contributed by atoms with Crippen LogP contribution in [-0.2, 0) is 14.8 Å². The van der Waals surface area contributed by atoms with Crippen LogP contribution in [-0.4, -0.2) is 45.0 Å². The Morgan fingerprint density at radius 2 is 1.61 bits per heavy atom. The van der Waals surface area contributed by atoms with Crippen LogP contribution in [0.4, 0.5) is 5.69 Å². The number of hydrogen-bond acceptors (Lipinski definition) is 4. The van der Waals surface area contributed by atoms with Crippen LogP contribution < -0.4 is 10.2 Å². The molecule has 2 aromatic carbocycles. The van der Waals surface area contributed by atoms with Crippen LogP contribution in [0.3, 0.4) is 0 Å². The van der Waals surface area contributed by atoms with Crippen LogP contribution in [0.1, 0.15) is 49.9 Å². The fourth-order valence-electron chi connectivity index (χ4n) is 3.97. The molecule has 0 saturated carbocycles. The number of hydrogen-bond donors (Lipinski definition) is 1. The van der Waals surface area contributed by atoms with Gasteiger partial charge in [0.15, 0.2) is 0 Å². The maximum atomic E-state index is 13.1. The first-order chi connectivity index (χ1) is 14.7. The third-order valence-corrected chi connectivity index (χ3v) is 7.41. The summed E-state index contributed by atoms with van der Waals surface area (Å²) in [4.78, 5) is 15.5. The number of anilines is 1. The zero-order chi connectivity index (χ0) is 22.6. The highest BCUT2D eigenvalue weighted by atomic mass is 32.2. The van der Waals surface area contributed by atoms with Gasteiger partial charge in [-0.2, -0.15) is 4.31 Å². The Morgan fingerprint density at radius 3 is 2.16 bits per heavy atom. The van der Waals surface area contributed by atoms with E-state index in [1.54, 1.807) is 24.3 Å². The van der Waals surface area contributed by atoms with Gasteiger partial charge in [-0.1, -0.05) is 49.4 Å². The molecule has 1 amide bonds. The van der Waals surface area contributed by atoms with Crippen LogP contribution in [0.25, 0.3) is 0 Å². The van der Waals surface area contributed by atoms with Crippen molar-refractivity contribution in [2.75, 3.05) is 31.3 Å². The molecule has 7 heteroatoms. The average Bonchev–Trinajstić information content (AvgIpc) is 2.74. The SMILES string of the molecule is CC1CCN(c2ccc([C@H](C)NC(=O)[C@H](c3ccccc3)N(C)S(C)(=O)=O)cc2)CC1. The standard InChI is InChI=1S/C24H33N3O3S/c1-18-14-16-27(17-15-18)22-12-10-20(11-13-22)19(2)25-24(28)23(26(3)31(4,29)30)21-8-6-5-7-9-21/h5-13,18-19,23H,14-17H2,1-4H3,(H,25,28)/t19-,23-/m0/s1. The van der Waals surface area contributed by atoms with Crippen molar-refractivity contribution >= 4 is 21.6 Å². The maximum absolute atomic E-state index is 13.1. The van der Waals surface area contributed by atoms with E-state index in [0.717, 1.165) is 35.1 Å². The fraction of sp³-hybridized carbons (Fsp3) is 0.458. The second-order valence-corrected chi connectivity index (χ2v) is 10.6. The lowest BCUT2D eigenvalue weighted by Crippen LogP contribution is -2.42. The number of benzene rings is 2. The summed E-state index contributed by atoms with van der Waals surface area (Å²) < 4.78 is 25.4. The second kappa shape index (κ2) is 9.83. The Balaban J connectivity index is 1.73. The van der Waals surface area contributed by atoms with E-state index in [2.05, 4.69) is 29.3 Å². The van der Waals surface area contributed by atoms with Crippen molar-refractivity contribution in [1.82, 2.24) is 9.62 Å². The number of piperidine rings is 1. The molecular weight excluding hydrogens is 410 g/mol. The number of likely N-dealkylation sites (N-methyl/N-ethyl adjacent to an activating group) is 1. The van der Waals surface area contributed by atoms with E-state index in [1.165, 1.54) is 25.6 Å². The van der Waals surface area contributed by atoms with Crippen molar-refractivity contribution in [3.63, 3.8) is 0 Å². The van der Waals surface area contributed by atoms with Gasteiger partial charge < -0.3 is 10.2 Å². The van der Waals surface area contributed by atoms with Gasteiger partial charge in [-0.3, -0.25) is 4.79 Å². The van der Waals surface area contributed by atoms with Crippen LogP contribution in [0.2, 0.25) is 0 Å². The van der Waals surface area contributed by atoms with Crippen molar-refractivity contribution in [3.8, 4) is 0 Å². The quantitative estimate of drug-likeness (QED) is 0.708. The molecule has 3 rings (SSSR count). The van der Waals surface area contributed by atoms with Crippen molar-refractivity contribution in [2.45, 2.75) is 38.8 Å². The molecule has 0 bridgehead atoms. The average molecular weight is 444 g/mol. The van der Waals surface area contributed by atoms with Crippen molar-refractivity contribution < 1.29 is 13.2 Å². The van der Waals surface area contributed by atoms with Gasteiger partial charge in [-0.05, 0) is 48.9 Å². The lowest BCUT2D eigenvalue weighted by Gasteiger charge is -2.32. The number of nitrogens with one attached hydrogen (secondary N) is 1. The van der Waals surface area contributed by atoms with Crippen LogP contribution in [0.15, 0.2) is 54.6 Å². The second-order valence-electron chi connectivity index (χ2n) is 8.58. The highest BCUT2D eigenvalue weighted by molar-refractivity contribution is 7.88. The molecule has 1 aliphatic heterocycles. The summed E-state index contributed by atoms with van der Waals surface area (Å²) in [7, 11) is -2.11. The van der Waals surface area contributed by atoms with E-state index in [-0.39, 0.29) is 11.9 Å². The van der Waals surface area contributed by atoms with Gasteiger partial charge in [0, 0.05) is 25.8 Å². The summed E-state index contributed by atoms with van der Waals surface area (Å²) in [5.74, 6) is 0.439. The normalized spacial score (nSPS) is 17.4. The Kier molecular flexibility index (Phi) is 7.38. The molecule has 1 saturated heterocycles. The summed E-state index contributed by atoms with van der Waals surface area (Å²) in [5.41, 5.74) is 2.82. The van der Waals surface area contributed by atoms with Crippen molar-refractivity contribution in [1.29, 1.82) is 0 Å². The molecule has 0 aromatic heterocycles. The molecule has 2 atom stereocenters. The van der Waals surface area contributed by atoms with Gasteiger partial charge in [-0.15, -0.1) is 0 Å². The van der Waals surface area contributed by atoms with Crippen molar-refractivity contribution in [2.24, 2.45) is 5.92 Å². The summed E-state index contributed by atoms with van der Waals surface area (Å²) in [6.07, 6.45) is 3.53. The van der Waals surface area contributed by atoms with Gasteiger partial charge >= 0.3 is 0 Å². The molecule has 168 valence electrons. The molecular formula is C24H33N3O3S. The van der Waals surface area contributed by atoms with Gasteiger partial charge in [0.2, 0.25) is 15.9 Å². The predicted molar refractivity (Wildman–Crippen MR) is 125 cm³/mol. The molecule has 0 radical (unpaired) electrons. The fourth-order valence-corrected chi connectivity index (χ4v) is 4.57. The smallest absolute Gasteiger partial charge is 0.243 e. The first-order valence-corrected chi connectivity index (χ1v) is 12.6. The summed E-state index contributed by atoms with van der Waals surface area (Å²) in [6.45, 7) is 6.36. The molecule has 1 N–H and O–H groups in total. The van der Waals surface area contributed by atoms with Gasteiger partial charge in [-0.25, -0.2) is 8.42 Å². The van der Waals surface area contributed by atoms with E-state index in [0.29, 0.717) is 5.56 Å². The van der Waals surface area contributed by atoms with E-state index in [9.17, 15) is 13.2 Å². The number of nitrogens with zero attached hydrogens (tertiary/aromatic N) is 2. The molecule has 1 fully saturated rings. The molecule has 6 nitrogen and oxygen atoms in total. The largest absolute Gasteiger partial charge is 0.372 e. The molecule has 0 aliphatic carbocycles. The zero-order valence-corrected chi connectivity index (χ0v) is 19.6. The summed E-state index contributed by atoms with van der Waals surface area (Å²) in [6, 6.07) is 16.1. The van der Waals surface area contributed by atoms with Crippen LogP contribution in [0, 0.1) is 5.92 Å². The molecule has 1 aliphatic rings. The minimum absolute atomic E-state index is 0.248. The number of rotatable bonds is 7. The maximum Gasteiger partial charge on any atom is 0.243 e. The third kappa shape index (κ3) is 5.86. The van der Waals surface area contributed by atoms with E-state index < -0.39 is 16.1 Å². The topological polar surface area (TPSA) is 69.7 Å². The minimum atomic E-state index is -3.55. The molecule has 0 spiro atoms. The van der Waals surface area contributed by atoms with Gasteiger partial charge in [0.1, 0.15) is 6.04 Å². The molecule has 0 unspecified atom stereocenters. The van der Waals surface area contributed by atoms with E-state index >= 15 is 0 Å². The number of carbonyl (C=O) groups excluding carboxylic acids is 1. The number of amides is 1. The highest BCUT2D eigenvalue weighted by Crippen LogP contribution is 2.26. The highest BCUT2D eigenvalue weighted by Gasteiger charge is 2.31. The zero-order valence-electron chi connectivity index (χ0n) is 18.8. The number of carbonyl (C=O) groups is 1. The van der Waals surface area contributed by atoms with Gasteiger partial charge in [0.25, 0.3) is 0 Å². The minimum Gasteiger partial charge on any atom is -0.372 e. The number of sulfonamides is 1. The predicted octanol–water partition coefficient (Wildman–Crippen LogP) is 3.73. The van der Waals surface area contributed by atoms with E-state index in [4.69, 9.17) is 0 Å². The van der Waals surface area contributed by atoms with Crippen molar-refractivity contribution in [3.05, 3.63) is 65.7 Å². The first kappa shape index (κ1) is 23.3. The van der Waals surface area contributed by atoms with E-state index in [1.807, 2.05) is 25.1 Å². The molecule has 2 aromatic rings. The Morgan fingerprint density at radius 1 is 1.03 bits per heavy atom. The van der Waals surface area contributed by atoms with Gasteiger partial charge in [0.05, 0.1) is 12.3 Å². The Labute approximate surface area is 186 Å².